The van der Waals surface area contributed by atoms with Crippen LogP contribution in [0, 0.1) is 0 Å². The van der Waals surface area contributed by atoms with Crippen molar-refractivity contribution in [3.63, 3.8) is 0 Å². The molecule has 0 bridgehead atoms. The van der Waals surface area contributed by atoms with Crippen molar-refractivity contribution in [1.29, 1.82) is 0 Å². The summed E-state index contributed by atoms with van der Waals surface area (Å²) in [6.45, 7) is 7.35. The van der Waals surface area contributed by atoms with Gasteiger partial charge in [-0.2, -0.15) is 0 Å². The average Bonchev–Trinajstić information content (AvgIpc) is 3.03. The van der Waals surface area contributed by atoms with Crippen molar-refractivity contribution < 1.29 is 0 Å². The second kappa shape index (κ2) is 4.41. The molecule has 0 fully saturated rings. The van der Waals surface area contributed by atoms with Gasteiger partial charge in [0.25, 0.3) is 0 Å². The summed E-state index contributed by atoms with van der Waals surface area (Å²) >= 11 is -2.15. The van der Waals surface area contributed by atoms with Crippen LogP contribution in [0.1, 0.15) is 20.8 Å². The molecule has 1 heteroatoms. The van der Waals surface area contributed by atoms with Gasteiger partial charge in [0.1, 0.15) is 0 Å². The maximum absolute atomic E-state index is 2.45. The summed E-state index contributed by atoms with van der Waals surface area (Å²) in [6, 6.07) is 0. The average molecular weight is 352 g/mol. The molecule has 0 aromatic rings. The zero-order chi connectivity index (χ0) is 13.6. The van der Waals surface area contributed by atoms with E-state index in [-0.39, 0.29) is 0 Å². The first-order chi connectivity index (χ1) is 8.99. The fourth-order valence-electron chi connectivity index (χ4n) is 4.33. The summed E-state index contributed by atoms with van der Waals surface area (Å²) in [4.78, 5) is 0. The molecule has 3 rings (SSSR count). The Balaban J connectivity index is 2.12. The Labute approximate surface area is 124 Å². The van der Waals surface area contributed by atoms with Gasteiger partial charge >= 0.3 is 125 Å². The molecule has 0 aromatic heterocycles. The monoisotopic (exact) mass is 352 g/mol. The minimum atomic E-state index is -2.15. The van der Waals surface area contributed by atoms with E-state index in [2.05, 4.69) is 93.7 Å². The van der Waals surface area contributed by atoms with Gasteiger partial charge in [0, 0.05) is 0 Å². The molecule has 0 spiro atoms. The third-order valence-corrected chi connectivity index (χ3v) is 18.9. The van der Waals surface area contributed by atoms with E-state index in [0.29, 0.717) is 9.51 Å². The van der Waals surface area contributed by atoms with Crippen molar-refractivity contribution in [2.45, 2.75) is 30.3 Å². The molecule has 3 aliphatic rings. The van der Waals surface area contributed by atoms with Gasteiger partial charge in [-0.1, -0.05) is 0 Å². The van der Waals surface area contributed by atoms with Crippen LogP contribution in [0.5, 0.6) is 0 Å². The van der Waals surface area contributed by atoms with Crippen LogP contribution in [-0.2, 0) is 0 Å². The predicted octanol–water partition coefficient (Wildman–Crippen LogP) is 5.14. The molecular weight excluding hydrogens is 331 g/mol. The van der Waals surface area contributed by atoms with Crippen molar-refractivity contribution in [1.82, 2.24) is 0 Å². The van der Waals surface area contributed by atoms with E-state index in [1.165, 1.54) is 0 Å². The van der Waals surface area contributed by atoms with Gasteiger partial charge in [-0.25, -0.2) is 0 Å². The summed E-state index contributed by atoms with van der Waals surface area (Å²) in [5, 5.41) is 0. The predicted molar refractivity (Wildman–Crippen MR) is 85.7 cm³/mol. The van der Waals surface area contributed by atoms with E-state index in [4.69, 9.17) is 0 Å². The first kappa shape index (κ1) is 13.3. The van der Waals surface area contributed by atoms with E-state index in [0.717, 1.165) is 0 Å². The van der Waals surface area contributed by atoms with Crippen molar-refractivity contribution >= 4 is 21.4 Å². The summed E-state index contributed by atoms with van der Waals surface area (Å²) in [6.07, 6.45) is 28.1. The number of hydrogen-bond donors (Lipinski definition) is 0. The van der Waals surface area contributed by atoms with Gasteiger partial charge in [-0.3, -0.25) is 0 Å². The van der Waals surface area contributed by atoms with Crippen molar-refractivity contribution in [3.05, 3.63) is 72.9 Å². The van der Waals surface area contributed by atoms with Crippen LogP contribution < -0.4 is 0 Å². The molecule has 0 aromatic carbocycles. The zero-order valence-corrected chi connectivity index (χ0v) is 15.3. The van der Waals surface area contributed by atoms with Crippen LogP contribution >= 0.6 is 0 Å². The molecular formula is C18H21In. The molecule has 3 aliphatic carbocycles. The van der Waals surface area contributed by atoms with E-state index in [9.17, 15) is 0 Å². The molecule has 0 nitrogen and oxygen atoms in total. The Bertz CT molecular complexity index is 437. The Kier molecular flexibility index (Phi) is 3.09. The topological polar surface area (TPSA) is 0 Å². The van der Waals surface area contributed by atoms with Gasteiger partial charge in [0.15, 0.2) is 0 Å². The molecule has 0 amide bonds. The second-order valence-corrected chi connectivity index (χ2v) is 19.8. The van der Waals surface area contributed by atoms with Gasteiger partial charge in [-0.15, -0.1) is 0 Å². The van der Waals surface area contributed by atoms with Crippen LogP contribution in [0.25, 0.3) is 0 Å². The van der Waals surface area contributed by atoms with E-state index in [1.54, 1.807) is 0 Å². The minimum absolute atomic E-state index is 0.309. The standard InChI is InChI=1S/3C6H7.In/c3*1-6-4-2-3-5-6;/h3*2-5H,1H3;. The molecule has 0 saturated carbocycles. The second-order valence-electron chi connectivity index (χ2n) is 6.69. The maximum atomic E-state index is 2.45. The van der Waals surface area contributed by atoms with Gasteiger partial charge in [0.05, 0.1) is 0 Å². The van der Waals surface area contributed by atoms with Gasteiger partial charge in [-0.05, 0) is 0 Å². The fraction of sp³-hybridized carbons (Fsp3) is 0.333. The Morgan fingerprint density at radius 2 is 0.684 bits per heavy atom. The van der Waals surface area contributed by atoms with Crippen LogP contribution in [0.4, 0.5) is 0 Å². The summed E-state index contributed by atoms with van der Waals surface area (Å²) in [7, 11) is 0. The Morgan fingerprint density at radius 1 is 0.474 bits per heavy atom. The summed E-state index contributed by atoms with van der Waals surface area (Å²) < 4.78 is 0.926. The number of hydrogen-bond acceptors (Lipinski definition) is 0. The molecule has 0 atom stereocenters. The molecule has 0 aliphatic heterocycles. The quantitative estimate of drug-likeness (QED) is 0.660. The molecule has 0 saturated heterocycles. The third-order valence-electron chi connectivity index (χ3n) is 4.93. The van der Waals surface area contributed by atoms with Crippen LogP contribution in [0.2, 0.25) is 9.51 Å². The Hall–Kier alpha value is -0.690. The summed E-state index contributed by atoms with van der Waals surface area (Å²) in [5.74, 6) is 0. The van der Waals surface area contributed by atoms with Gasteiger partial charge in [0.2, 0.25) is 0 Å². The zero-order valence-electron chi connectivity index (χ0n) is 12.0. The first-order valence-electron chi connectivity index (χ1n) is 7.10. The van der Waals surface area contributed by atoms with Crippen LogP contribution in [0.3, 0.4) is 0 Å². The van der Waals surface area contributed by atoms with Gasteiger partial charge < -0.3 is 0 Å². The van der Waals surface area contributed by atoms with Crippen LogP contribution in [-0.4, -0.2) is 21.4 Å². The third kappa shape index (κ3) is 2.07. The van der Waals surface area contributed by atoms with E-state index < -0.39 is 21.4 Å². The Morgan fingerprint density at radius 3 is 0.895 bits per heavy atom. The molecule has 0 unspecified atom stereocenters. The van der Waals surface area contributed by atoms with Crippen LogP contribution in [0.15, 0.2) is 72.9 Å². The molecule has 96 valence electrons. The van der Waals surface area contributed by atoms with Crippen molar-refractivity contribution in [2.75, 3.05) is 0 Å². The molecule has 19 heavy (non-hydrogen) atoms. The normalized spacial score (nSPS) is 26.7. The summed E-state index contributed by atoms with van der Waals surface area (Å²) in [5.41, 5.74) is 0. The van der Waals surface area contributed by atoms with E-state index >= 15 is 0 Å². The SMILES string of the molecule is C[C]1([In]([C]2(C)C=CC=C2)[C]2(C)C=CC=C2)C=CC=C1. The number of rotatable bonds is 3. The first-order valence-corrected chi connectivity index (χ1v) is 12.0. The molecule has 0 N–H and O–H groups in total. The number of allylic oxidation sites excluding steroid dienone is 12. The van der Waals surface area contributed by atoms with Crippen molar-refractivity contribution in [3.8, 4) is 0 Å². The van der Waals surface area contributed by atoms with E-state index in [1.807, 2.05) is 0 Å². The van der Waals surface area contributed by atoms with Crippen molar-refractivity contribution in [2.24, 2.45) is 0 Å². The molecule has 0 radical (unpaired) electrons. The fourth-order valence-corrected chi connectivity index (χ4v) is 21.0. The molecule has 0 heterocycles.